The van der Waals surface area contributed by atoms with Crippen molar-refractivity contribution in [3.63, 3.8) is 0 Å². The fraction of sp³-hybridized carbons (Fsp3) is 0.300. The minimum absolute atomic E-state index is 0.0529. The number of carbonyl (C=O) groups excluding carboxylic acids is 2. The van der Waals surface area contributed by atoms with Crippen LogP contribution in [-0.2, 0) is 4.79 Å². The molecule has 0 spiro atoms. The van der Waals surface area contributed by atoms with E-state index < -0.39 is 0 Å². The Morgan fingerprint density at radius 2 is 2.00 bits per heavy atom. The summed E-state index contributed by atoms with van der Waals surface area (Å²) in [6.45, 7) is 3.27. The molecule has 5 heteroatoms. The number of carbonyl (C=O) groups is 2. The molecule has 1 saturated heterocycles. The molecule has 1 fully saturated rings. The number of halogens is 1. The van der Waals surface area contributed by atoms with Crippen LogP contribution in [0.15, 0.2) is 48.5 Å². The fourth-order valence-electron chi connectivity index (χ4n) is 3.01. The van der Waals surface area contributed by atoms with Gasteiger partial charge in [-0.1, -0.05) is 48.9 Å². The molecule has 4 nitrogen and oxygen atoms in total. The third-order valence-electron chi connectivity index (χ3n) is 4.51. The number of hydrogen-bond donors (Lipinski definition) is 1. The lowest BCUT2D eigenvalue weighted by molar-refractivity contribution is -0.117. The fourth-order valence-corrected chi connectivity index (χ4v) is 3.23. The van der Waals surface area contributed by atoms with Crippen molar-refractivity contribution in [3.8, 4) is 0 Å². The second-order valence-corrected chi connectivity index (χ2v) is 6.74. The van der Waals surface area contributed by atoms with Crippen LogP contribution in [0, 0.1) is 0 Å². The van der Waals surface area contributed by atoms with E-state index in [9.17, 15) is 9.59 Å². The van der Waals surface area contributed by atoms with Crippen molar-refractivity contribution in [2.24, 2.45) is 0 Å². The number of nitrogens with zero attached hydrogens (tertiary/aromatic N) is 1. The Morgan fingerprint density at radius 1 is 1.24 bits per heavy atom. The van der Waals surface area contributed by atoms with Gasteiger partial charge in [-0.05, 0) is 36.1 Å². The summed E-state index contributed by atoms with van der Waals surface area (Å²) in [5.41, 5.74) is 2.31. The maximum absolute atomic E-state index is 12.5. The molecular formula is C20H21ClN2O2. The molecule has 1 aliphatic heterocycles. The van der Waals surface area contributed by atoms with Crippen LogP contribution >= 0.6 is 11.6 Å². The summed E-state index contributed by atoms with van der Waals surface area (Å²) in [7, 11) is 0. The molecule has 0 unspecified atom stereocenters. The largest absolute Gasteiger partial charge is 0.351 e. The summed E-state index contributed by atoms with van der Waals surface area (Å²) < 4.78 is 0. The van der Waals surface area contributed by atoms with Crippen molar-refractivity contribution in [1.82, 2.24) is 5.32 Å². The molecule has 1 aliphatic rings. The highest BCUT2D eigenvalue weighted by atomic mass is 35.5. The Hall–Kier alpha value is -2.33. The second kappa shape index (κ2) is 7.70. The molecule has 2 aromatic rings. The highest BCUT2D eigenvalue weighted by Gasteiger charge is 2.24. The first kappa shape index (κ1) is 17.5. The van der Waals surface area contributed by atoms with Gasteiger partial charge in [0, 0.05) is 25.1 Å². The van der Waals surface area contributed by atoms with E-state index >= 15 is 0 Å². The first-order chi connectivity index (χ1) is 12.1. The molecular weight excluding hydrogens is 336 g/mol. The third-order valence-corrected chi connectivity index (χ3v) is 4.83. The van der Waals surface area contributed by atoms with Crippen molar-refractivity contribution < 1.29 is 9.59 Å². The molecule has 2 aromatic carbocycles. The molecule has 2 amide bonds. The van der Waals surface area contributed by atoms with Crippen molar-refractivity contribution in [1.29, 1.82) is 0 Å². The van der Waals surface area contributed by atoms with Gasteiger partial charge in [0.05, 0.1) is 10.7 Å². The molecule has 1 heterocycles. The molecule has 1 atom stereocenters. The monoisotopic (exact) mass is 356 g/mol. The second-order valence-electron chi connectivity index (χ2n) is 6.34. The molecule has 3 rings (SSSR count). The normalized spacial score (nSPS) is 15.3. The summed E-state index contributed by atoms with van der Waals surface area (Å²) in [5.74, 6) is 0.113. The zero-order chi connectivity index (χ0) is 17.8. The first-order valence-corrected chi connectivity index (χ1v) is 8.87. The van der Waals surface area contributed by atoms with Crippen LogP contribution in [0.5, 0.6) is 0 Å². The number of hydrogen-bond acceptors (Lipinski definition) is 2. The van der Waals surface area contributed by atoms with E-state index in [4.69, 9.17) is 11.6 Å². The highest BCUT2D eigenvalue weighted by Crippen LogP contribution is 2.30. The SMILES string of the molecule is C[C@H](CNC(=O)c1ccc(Cl)c(N2CCCC2=O)c1)c1ccccc1. The Morgan fingerprint density at radius 3 is 2.68 bits per heavy atom. The molecule has 130 valence electrons. The van der Waals surface area contributed by atoms with E-state index in [-0.39, 0.29) is 17.7 Å². The Kier molecular flexibility index (Phi) is 5.39. The first-order valence-electron chi connectivity index (χ1n) is 8.49. The summed E-state index contributed by atoms with van der Waals surface area (Å²) in [5, 5.41) is 3.45. The maximum atomic E-state index is 12.5. The van der Waals surface area contributed by atoms with Crippen LogP contribution in [0.3, 0.4) is 0 Å². The van der Waals surface area contributed by atoms with Crippen molar-refractivity contribution >= 4 is 29.1 Å². The summed E-state index contributed by atoms with van der Waals surface area (Å²) in [6, 6.07) is 15.1. The summed E-state index contributed by atoms with van der Waals surface area (Å²) in [4.78, 5) is 26.1. The van der Waals surface area contributed by atoms with Gasteiger partial charge in [-0.2, -0.15) is 0 Å². The lowest BCUT2D eigenvalue weighted by atomic mass is 10.0. The van der Waals surface area contributed by atoms with Crippen LogP contribution in [-0.4, -0.2) is 24.9 Å². The average Bonchev–Trinajstić information content (AvgIpc) is 3.06. The van der Waals surface area contributed by atoms with Gasteiger partial charge in [0.15, 0.2) is 0 Å². The number of rotatable bonds is 5. The minimum atomic E-state index is -0.160. The van der Waals surface area contributed by atoms with E-state index in [1.54, 1.807) is 23.1 Å². The minimum Gasteiger partial charge on any atom is -0.351 e. The van der Waals surface area contributed by atoms with Crippen LogP contribution < -0.4 is 10.2 Å². The van der Waals surface area contributed by atoms with Gasteiger partial charge < -0.3 is 10.2 Å². The van der Waals surface area contributed by atoms with Crippen molar-refractivity contribution in [2.75, 3.05) is 18.0 Å². The van der Waals surface area contributed by atoms with Crippen molar-refractivity contribution in [3.05, 3.63) is 64.7 Å². The number of amides is 2. The molecule has 0 bridgehead atoms. The third kappa shape index (κ3) is 4.02. The molecule has 25 heavy (non-hydrogen) atoms. The number of anilines is 1. The molecule has 0 saturated carbocycles. The lowest BCUT2D eigenvalue weighted by Crippen LogP contribution is -2.28. The molecule has 1 N–H and O–H groups in total. The smallest absolute Gasteiger partial charge is 0.251 e. The van der Waals surface area contributed by atoms with Gasteiger partial charge in [-0.3, -0.25) is 9.59 Å². The lowest BCUT2D eigenvalue weighted by Gasteiger charge is -2.18. The van der Waals surface area contributed by atoms with Gasteiger partial charge in [-0.15, -0.1) is 0 Å². The van der Waals surface area contributed by atoms with Crippen molar-refractivity contribution in [2.45, 2.75) is 25.7 Å². The zero-order valence-corrected chi connectivity index (χ0v) is 14.9. The average molecular weight is 357 g/mol. The number of benzene rings is 2. The van der Waals surface area contributed by atoms with Gasteiger partial charge in [0.1, 0.15) is 0 Å². The van der Waals surface area contributed by atoms with Crippen LogP contribution in [0.4, 0.5) is 5.69 Å². The Balaban J connectivity index is 1.69. The van der Waals surface area contributed by atoms with Crippen LogP contribution in [0.2, 0.25) is 5.02 Å². The Bertz CT molecular complexity index is 777. The van der Waals surface area contributed by atoms with Crippen LogP contribution in [0.1, 0.15) is 41.6 Å². The summed E-state index contributed by atoms with van der Waals surface area (Å²) >= 11 is 6.23. The van der Waals surface area contributed by atoms with E-state index in [0.717, 1.165) is 6.42 Å². The van der Waals surface area contributed by atoms with E-state index in [0.29, 0.717) is 35.8 Å². The predicted molar refractivity (Wildman–Crippen MR) is 100 cm³/mol. The van der Waals surface area contributed by atoms with Crippen LogP contribution in [0.25, 0.3) is 0 Å². The number of nitrogens with one attached hydrogen (secondary N) is 1. The predicted octanol–water partition coefficient (Wildman–Crippen LogP) is 4.00. The van der Waals surface area contributed by atoms with Gasteiger partial charge in [0.2, 0.25) is 5.91 Å². The topological polar surface area (TPSA) is 49.4 Å². The molecule has 0 aromatic heterocycles. The molecule has 0 aliphatic carbocycles. The van der Waals surface area contributed by atoms with Gasteiger partial charge in [-0.25, -0.2) is 0 Å². The Labute approximate surface area is 152 Å². The van der Waals surface area contributed by atoms with E-state index in [2.05, 4.69) is 24.4 Å². The van der Waals surface area contributed by atoms with Gasteiger partial charge >= 0.3 is 0 Å². The highest BCUT2D eigenvalue weighted by molar-refractivity contribution is 6.34. The zero-order valence-electron chi connectivity index (χ0n) is 14.2. The summed E-state index contributed by atoms with van der Waals surface area (Å²) in [6.07, 6.45) is 1.35. The maximum Gasteiger partial charge on any atom is 0.251 e. The van der Waals surface area contributed by atoms with E-state index in [1.165, 1.54) is 5.56 Å². The van der Waals surface area contributed by atoms with E-state index in [1.807, 2.05) is 18.2 Å². The standard InChI is InChI=1S/C20H21ClN2O2/c1-14(15-6-3-2-4-7-15)13-22-20(25)16-9-10-17(21)18(12-16)23-11-5-8-19(23)24/h2-4,6-7,9-10,12,14H,5,8,11,13H2,1H3,(H,22,25)/t14-/m1/s1. The van der Waals surface area contributed by atoms with Gasteiger partial charge in [0.25, 0.3) is 5.91 Å². The quantitative estimate of drug-likeness (QED) is 0.880. The molecule has 0 radical (unpaired) electrons.